The predicted molar refractivity (Wildman–Crippen MR) is 75.9 cm³/mol. The fourth-order valence-corrected chi connectivity index (χ4v) is 1.87. The normalized spacial score (nSPS) is 10.2. The topological polar surface area (TPSA) is 52.3 Å². The lowest BCUT2D eigenvalue weighted by molar-refractivity contribution is 0.0473. The molecule has 0 radical (unpaired) electrons. The van der Waals surface area contributed by atoms with E-state index < -0.39 is 0 Å². The van der Waals surface area contributed by atoms with Gasteiger partial charge < -0.3 is 10.5 Å². The first kappa shape index (κ1) is 13.1. The van der Waals surface area contributed by atoms with E-state index in [0.29, 0.717) is 11.3 Å². The zero-order chi connectivity index (χ0) is 13.8. The van der Waals surface area contributed by atoms with Crippen molar-refractivity contribution in [3.05, 3.63) is 64.7 Å². The van der Waals surface area contributed by atoms with E-state index >= 15 is 0 Å². The molecule has 0 spiro atoms. The molecule has 0 bridgehead atoms. The van der Waals surface area contributed by atoms with Crippen molar-refractivity contribution in [2.45, 2.75) is 20.5 Å². The van der Waals surface area contributed by atoms with Crippen LogP contribution in [0.2, 0.25) is 0 Å². The molecular formula is C16H17NO2. The van der Waals surface area contributed by atoms with Crippen LogP contribution in [0.3, 0.4) is 0 Å². The standard InChI is InChI=1S/C16H17NO2/c1-11-6-8-13(9-7-11)10-19-16(18)15-12(2)4-3-5-14(15)17/h3-9H,10,17H2,1-2H3. The zero-order valence-corrected chi connectivity index (χ0v) is 11.1. The summed E-state index contributed by atoms with van der Waals surface area (Å²) in [5.41, 5.74) is 9.69. The highest BCUT2D eigenvalue weighted by atomic mass is 16.5. The summed E-state index contributed by atoms with van der Waals surface area (Å²) in [7, 11) is 0. The number of nitrogens with two attached hydrogens (primary N) is 1. The molecule has 98 valence electrons. The zero-order valence-electron chi connectivity index (χ0n) is 11.1. The second-order valence-corrected chi connectivity index (χ2v) is 4.60. The number of anilines is 1. The smallest absolute Gasteiger partial charge is 0.340 e. The van der Waals surface area contributed by atoms with E-state index in [4.69, 9.17) is 10.5 Å². The summed E-state index contributed by atoms with van der Waals surface area (Å²) < 4.78 is 5.30. The fraction of sp³-hybridized carbons (Fsp3) is 0.188. The molecule has 0 fully saturated rings. The van der Waals surface area contributed by atoms with E-state index in [1.807, 2.05) is 50.2 Å². The number of ether oxygens (including phenoxy) is 1. The lowest BCUT2D eigenvalue weighted by Gasteiger charge is -2.09. The van der Waals surface area contributed by atoms with Crippen molar-refractivity contribution in [2.75, 3.05) is 5.73 Å². The van der Waals surface area contributed by atoms with Gasteiger partial charge in [0.05, 0.1) is 5.56 Å². The predicted octanol–water partition coefficient (Wildman–Crippen LogP) is 3.24. The van der Waals surface area contributed by atoms with E-state index in [0.717, 1.165) is 11.1 Å². The molecule has 19 heavy (non-hydrogen) atoms. The summed E-state index contributed by atoms with van der Waals surface area (Å²) in [6.45, 7) is 4.12. The molecule has 0 unspecified atom stereocenters. The molecule has 2 N–H and O–H groups in total. The molecule has 0 amide bonds. The van der Waals surface area contributed by atoms with E-state index in [1.54, 1.807) is 6.07 Å². The van der Waals surface area contributed by atoms with Crippen LogP contribution in [0, 0.1) is 13.8 Å². The van der Waals surface area contributed by atoms with Crippen LogP contribution in [0.5, 0.6) is 0 Å². The fourth-order valence-electron chi connectivity index (χ4n) is 1.87. The Labute approximate surface area is 113 Å². The second-order valence-electron chi connectivity index (χ2n) is 4.60. The van der Waals surface area contributed by atoms with Crippen molar-refractivity contribution in [2.24, 2.45) is 0 Å². The third-order valence-corrected chi connectivity index (χ3v) is 3.00. The van der Waals surface area contributed by atoms with Crippen LogP contribution in [0.25, 0.3) is 0 Å². The van der Waals surface area contributed by atoms with Gasteiger partial charge in [-0.25, -0.2) is 4.79 Å². The van der Waals surface area contributed by atoms with Crippen molar-refractivity contribution in [1.82, 2.24) is 0 Å². The SMILES string of the molecule is Cc1ccc(COC(=O)c2c(C)cccc2N)cc1. The van der Waals surface area contributed by atoms with Gasteiger partial charge in [0.1, 0.15) is 6.61 Å². The highest BCUT2D eigenvalue weighted by Crippen LogP contribution is 2.18. The van der Waals surface area contributed by atoms with Crippen molar-refractivity contribution in [1.29, 1.82) is 0 Å². The molecule has 0 aliphatic rings. The third-order valence-electron chi connectivity index (χ3n) is 3.00. The van der Waals surface area contributed by atoms with E-state index in [-0.39, 0.29) is 12.6 Å². The molecule has 2 rings (SSSR count). The quantitative estimate of drug-likeness (QED) is 0.676. The maximum atomic E-state index is 12.0. The molecule has 0 heterocycles. The molecule has 2 aromatic carbocycles. The molecule has 0 atom stereocenters. The van der Waals surface area contributed by atoms with Crippen molar-refractivity contribution in [3.63, 3.8) is 0 Å². The van der Waals surface area contributed by atoms with Gasteiger partial charge >= 0.3 is 5.97 Å². The first-order chi connectivity index (χ1) is 9.08. The van der Waals surface area contributed by atoms with Crippen LogP contribution in [-0.2, 0) is 11.3 Å². The number of hydrogen-bond donors (Lipinski definition) is 1. The molecule has 0 saturated carbocycles. The summed E-state index contributed by atoms with van der Waals surface area (Å²) in [6, 6.07) is 13.2. The van der Waals surface area contributed by atoms with Gasteiger partial charge in [-0.1, -0.05) is 42.0 Å². The molecule has 3 nitrogen and oxygen atoms in total. The first-order valence-corrected chi connectivity index (χ1v) is 6.15. The van der Waals surface area contributed by atoms with Crippen LogP contribution in [0.4, 0.5) is 5.69 Å². The van der Waals surface area contributed by atoms with Crippen molar-refractivity contribution < 1.29 is 9.53 Å². The molecule has 3 heteroatoms. The minimum Gasteiger partial charge on any atom is -0.457 e. The Hall–Kier alpha value is -2.29. The summed E-state index contributed by atoms with van der Waals surface area (Å²) in [6.07, 6.45) is 0. The molecule has 0 saturated heterocycles. The Bertz CT molecular complexity index is 568. The van der Waals surface area contributed by atoms with Crippen molar-refractivity contribution in [3.8, 4) is 0 Å². The van der Waals surface area contributed by atoms with Gasteiger partial charge in [-0.3, -0.25) is 0 Å². The van der Waals surface area contributed by atoms with Crippen LogP contribution in [0.15, 0.2) is 42.5 Å². The first-order valence-electron chi connectivity index (χ1n) is 6.15. The Kier molecular flexibility index (Phi) is 3.85. The second kappa shape index (κ2) is 5.57. The molecule has 0 aliphatic heterocycles. The van der Waals surface area contributed by atoms with Gasteiger partial charge in [0.2, 0.25) is 0 Å². The number of carbonyl (C=O) groups is 1. The van der Waals surface area contributed by atoms with E-state index in [2.05, 4.69) is 0 Å². The Balaban J connectivity index is 2.07. The van der Waals surface area contributed by atoms with Gasteiger partial charge in [0.15, 0.2) is 0 Å². The third kappa shape index (κ3) is 3.13. The van der Waals surface area contributed by atoms with Crippen LogP contribution < -0.4 is 5.73 Å². The lowest BCUT2D eigenvalue weighted by atomic mass is 10.1. The number of hydrogen-bond acceptors (Lipinski definition) is 3. The Morgan fingerprint density at radius 2 is 1.79 bits per heavy atom. The average molecular weight is 255 g/mol. The van der Waals surface area contributed by atoms with E-state index in [1.165, 1.54) is 5.56 Å². The van der Waals surface area contributed by atoms with Crippen LogP contribution in [-0.4, -0.2) is 5.97 Å². The molecule has 0 aromatic heterocycles. The summed E-state index contributed by atoms with van der Waals surface area (Å²) >= 11 is 0. The Morgan fingerprint density at radius 3 is 2.42 bits per heavy atom. The number of aryl methyl sites for hydroxylation is 2. The van der Waals surface area contributed by atoms with E-state index in [9.17, 15) is 4.79 Å². The highest BCUT2D eigenvalue weighted by Gasteiger charge is 2.13. The van der Waals surface area contributed by atoms with Gasteiger partial charge in [-0.2, -0.15) is 0 Å². The number of carbonyl (C=O) groups excluding carboxylic acids is 1. The minimum atomic E-state index is -0.379. The van der Waals surface area contributed by atoms with Gasteiger partial charge in [-0.15, -0.1) is 0 Å². The lowest BCUT2D eigenvalue weighted by Crippen LogP contribution is -2.10. The van der Waals surface area contributed by atoms with Gasteiger partial charge in [0.25, 0.3) is 0 Å². The summed E-state index contributed by atoms with van der Waals surface area (Å²) in [5, 5.41) is 0. The highest BCUT2D eigenvalue weighted by molar-refractivity contribution is 5.96. The number of rotatable bonds is 3. The molecule has 0 aliphatic carbocycles. The average Bonchev–Trinajstić information content (AvgIpc) is 2.38. The Morgan fingerprint density at radius 1 is 1.11 bits per heavy atom. The van der Waals surface area contributed by atoms with Gasteiger partial charge in [0, 0.05) is 5.69 Å². The summed E-state index contributed by atoms with van der Waals surface area (Å²) in [4.78, 5) is 12.0. The van der Waals surface area contributed by atoms with Crippen molar-refractivity contribution >= 4 is 11.7 Å². The van der Waals surface area contributed by atoms with Gasteiger partial charge in [-0.05, 0) is 31.0 Å². The van der Waals surface area contributed by atoms with Crippen LogP contribution >= 0.6 is 0 Å². The number of esters is 1. The minimum absolute atomic E-state index is 0.257. The maximum Gasteiger partial charge on any atom is 0.340 e. The molecule has 2 aromatic rings. The largest absolute Gasteiger partial charge is 0.457 e. The number of nitrogen functional groups attached to an aromatic ring is 1. The monoisotopic (exact) mass is 255 g/mol. The molecular weight excluding hydrogens is 238 g/mol. The summed E-state index contributed by atoms with van der Waals surface area (Å²) in [5.74, 6) is -0.379. The van der Waals surface area contributed by atoms with Crippen LogP contribution in [0.1, 0.15) is 27.0 Å². The number of benzene rings is 2. The maximum absolute atomic E-state index is 12.0.